The Labute approximate surface area is 134 Å². The molecule has 118 valence electrons. The fourth-order valence-corrected chi connectivity index (χ4v) is 5.63. The Kier molecular flexibility index (Phi) is 7.67. The van der Waals surface area contributed by atoms with E-state index in [1.165, 1.54) is 6.42 Å². The number of hydrogen-bond acceptors (Lipinski definition) is 4. The summed E-state index contributed by atoms with van der Waals surface area (Å²) in [4.78, 5) is 12.0. The predicted molar refractivity (Wildman–Crippen MR) is 95.3 cm³/mol. The van der Waals surface area contributed by atoms with Gasteiger partial charge in [-0.1, -0.05) is 20.8 Å². The second-order valence-electron chi connectivity index (χ2n) is 6.96. The lowest BCUT2D eigenvalue weighted by atomic mass is 10.2. The summed E-state index contributed by atoms with van der Waals surface area (Å²) >= 11 is 3.66. The third-order valence-electron chi connectivity index (χ3n) is 4.18. The first-order valence-electron chi connectivity index (χ1n) is 7.64. The van der Waals surface area contributed by atoms with Crippen LogP contribution in [0, 0.1) is 0 Å². The molecule has 1 fully saturated rings. The lowest BCUT2D eigenvalue weighted by molar-refractivity contribution is -0.117. The van der Waals surface area contributed by atoms with Crippen molar-refractivity contribution in [2.24, 2.45) is 0 Å². The van der Waals surface area contributed by atoms with Gasteiger partial charge in [0.2, 0.25) is 0 Å². The normalized spacial score (nSPS) is 18.2. The standard InChI is InChI=1S/C15H30O2S2Si/c1-15(2,3)20(4,5)17-10-7-6-9-13(16)14-18-11-8-12-19-14/h14H,6-12H2,1-5H3. The van der Waals surface area contributed by atoms with Crippen LogP contribution in [0.2, 0.25) is 18.1 Å². The van der Waals surface area contributed by atoms with E-state index in [9.17, 15) is 4.79 Å². The van der Waals surface area contributed by atoms with Gasteiger partial charge in [-0.25, -0.2) is 0 Å². The molecule has 2 nitrogen and oxygen atoms in total. The first kappa shape index (κ1) is 18.6. The van der Waals surface area contributed by atoms with Crippen molar-refractivity contribution in [3.63, 3.8) is 0 Å². The Balaban J connectivity index is 2.14. The van der Waals surface area contributed by atoms with E-state index in [0.717, 1.165) is 37.4 Å². The fraction of sp³-hybridized carbons (Fsp3) is 0.933. The zero-order valence-corrected chi connectivity index (χ0v) is 16.3. The van der Waals surface area contributed by atoms with E-state index in [0.29, 0.717) is 5.78 Å². The van der Waals surface area contributed by atoms with Crippen molar-refractivity contribution in [3.8, 4) is 0 Å². The van der Waals surface area contributed by atoms with Gasteiger partial charge in [-0.2, -0.15) is 0 Å². The van der Waals surface area contributed by atoms with Crippen LogP contribution in [0.5, 0.6) is 0 Å². The van der Waals surface area contributed by atoms with Gasteiger partial charge in [0, 0.05) is 13.0 Å². The highest BCUT2D eigenvalue weighted by atomic mass is 32.2. The smallest absolute Gasteiger partial charge is 0.191 e. The number of carbonyl (C=O) groups excluding carboxylic acids is 1. The van der Waals surface area contributed by atoms with Crippen LogP contribution >= 0.6 is 23.5 Å². The Morgan fingerprint density at radius 3 is 2.35 bits per heavy atom. The minimum Gasteiger partial charge on any atom is -0.417 e. The average Bonchev–Trinajstić information content (AvgIpc) is 2.37. The van der Waals surface area contributed by atoms with Crippen molar-refractivity contribution in [3.05, 3.63) is 0 Å². The van der Waals surface area contributed by atoms with Crippen LogP contribution in [-0.4, -0.2) is 36.8 Å². The molecule has 5 heteroatoms. The van der Waals surface area contributed by atoms with Crippen molar-refractivity contribution in [1.82, 2.24) is 0 Å². The number of thioether (sulfide) groups is 2. The molecule has 1 rings (SSSR count). The van der Waals surface area contributed by atoms with Crippen LogP contribution < -0.4 is 0 Å². The van der Waals surface area contributed by atoms with Gasteiger partial charge >= 0.3 is 0 Å². The van der Waals surface area contributed by atoms with Crippen LogP contribution in [-0.2, 0) is 9.22 Å². The Morgan fingerprint density at radius 1 is 1.20 bits per heavy atom. The van der Waals surface area contributed by atoms with Crippen LogP contribution in [0.1, 0.15) is 46.5 Å². The van der Waals surface area contributed by atoms with Gasteiger partial charge < -0.3 is 4.43 Å². The molecule has 0 aromatic carbocycles. The molecule has 0 unspecified atom stereocenters. The SMILES string of the molecule is CC(C)(C)[Si](C)(C)OCCCCC(=O)C1SCCCS1. The quantitative estimate of drug-likeness (QED) is 0.486. The second kappa shape index (κ2) is 8.25. The van der Waals surface area contributed by atoms with Crippen molar-refractivity contribution in [1.29, 1.82) is 0 Å². The van der Waals surface area contributed by atoms with E-state index in [-0.39, 0.29) is 9.62 Å². The molecule has 0 saturated carbocycles. The highest BCUT2D eigenvalue weighted by Crippen LogP contribution is 2.36. The summed E-state index contributed by atoms with van der Waals surface area (Å²) in [5.74, 6) is 2.74. The molecule has 1 heterocycles. The van der Waals surface area contributed by atoms with Gasteiger partial charge in [-0.3, -0.25) is 4.79 Å². The largest absolute Gasteiger partial charge is 0.417 e. The molecule has 0 atom stereocenters. The zero-order chi connectivity index (χ0) is 15.2. The van der Waals surface area contributed by atoms with E-state index in [4.69, 9.17) is 4.43 Å². The summed E-state index contributed by atoms with van der Waals surface area (Å²) in [6.07, 6.45) is 3.97. The summed E-state index contributed by atoms with van der Waals surface area (Å²) in [6.45, 7) is 12.2. The lowest BCUT2D eigenvalue weighted by Crippen LogP contribution is -2.40. The number of rotatable bonds is 7. The maximum Gasteiger partial charge on any atom is 0.191 e. The minimum absolute atomic E-state index is 0.213. The minimum atomic E-state index is -1.61. The summed E-state index contributed by atoms with van der Waals surface area (Å²) in [5.41, 5.74) is 0. The third kappa shape index (κ3) is 6.12. The fourth-order valence-electron chi connectivity index (χ4n) is 1.74. The molecule has 1 aliphatic rings. The van der Waals surface area contributed by atoms with Gasteiger partial charge in [0.15, 0.2) is 14.1 Å². The first-order valence-corrected chi connectivity index (χ1v) is 12.6. The number of Topliss-reactive ketones (excluding diaryl/α,β-unsaturated/α-hetero) is 1. The average molecular weight is 335 g/mol. The van der Waals surface area contributed by atoms with E-state index in [1.807, 2.05) is 23.5 Å². The molecule has 1 saturated heterocycles. The monoisotopic (exact) mass is 334 g/mol. The first-order chi connectivity index (χ1) is 9.24. The maximum absolute atomic E-state index is 12.0. The molecular weight excluding hydrogens is 304 g/mol. The molecule has 0 amide bonds. The molecule has 0 bridgehead atoms. The van der Waals surface area contributed by atoms with Crippen LogP contribution in [0.15, 0.2) is 0 Å². The summed E-state index contributed by atoms with van der Waals surface area (Å²) in [6, 6.07) is 0. The Bertz CT molecular complexity index is 307. The van der Waals surface area contributed by atoms with E-state index < -0.39 is 8.32 Å². The van der Waals surface area contributed by atoms with Crippen molar-refractivity contribution in [2.75, 3.05) is 18.1 Å². The molecule has 0 radical (unpaired) electrons. The highest BCUT2D eigenvalue weighted by molar-refractivity contribution is 8.18. The van der Waals surface area contributed by atoms with Crippen LogP contribution in [0.25, 0.3) is 0 Å². The molecule has 20 heavy (non-hydrogen) atoms. The Morgan fingerprint density at radius 2 is 1.80 bits per heavy atom. The third-order valence-corrected chi connectivity index (χ3v) is 11.7. The van der Waals surface area contributed by atoms with Crippen molar-refractivity contribution < 1.29 is 9.22 Å². The van der Waals surface area contributed by atoms with Gasteiger partial charge in [0.25, 0.3) is 0 Å². The molecule has 0 aromatic heterocycles. The van der Waals surface area contributed by atoms with Gasteiger partial charge in [-0.05, 0) is 48.9 Å². The van der Waals surface area contributed by atoms with Crippen molar-refractivity contribution in [2.45, 2.75) is 69.2 Å². The molecular formula is C15H30O2S2Si. The number of unbranched alkanes of at least 4 members (excludes halogenated alkanes) is 1. The topological polar surface area (TPSA) is 26.3 Å². The highest BCUT2D eigenvalue weighted by Gasteiger charge is 2.36. The van der Waals surface area contributed by atoms with Crippen LogP contribution in [0.3, 0.4) is 0 Å². The zero-order valence-electron chi connectivity index (χ0n) is 13.7. The van der Waals surface area contributed by atoms with Gasteiger partial charge in [-0.15, -0.1) is 23.5 Å². The van der Waals surface area contributed by atoms with E-state index in [1.54, 1.807) is 0 Å². The van der Waals surface area contributed by atoms with Gasteiger partial charge in [0.05, 0.1) is 0 Å². The molecule has 1 aliphatic heterocycles. The number of hydrogen-bond donors (Lipinski definition) is 0. The molecule has 0 N–H and O–H groups in total. The Hall–Kier alpha value is 0.547. The number of ketones is 1. The molecule has 0 aromatic rings. The van der Waals surface area contributed by atoms with Crippen molar-refractivity contribution >= 4 is 37.6 Å². The lowest BCUT2D eigenvalue weighted by Gasteiger charge is -2.36. The van der Waals surface area contributed by atoms with E-state index >= 15 is 0 Å². The molecule has 0 spiro atoms. The number of carbonyl (C=O) groups is 1. The predicted octanol–water partition coefficient (Wildman–Crippen LogP) is 4.94. The summed E-state index contributed by atoms with van der Waals surface area (Å²) in [5, 5.41) is 0.276. The second-order valence-corrected chi connectivity index (χ2v) is 14.5. The maximum atomic E-state index is 12.0. The summed E-state index contributed by atoms with van der Waals surface area (Å²) < 4.78 is 6.35. The molecule has 0 aliphatic carbocycles. The van der Waals surface area contributed by atoms with E-state index in [2.05, 4.69) is 33.9 Å². The van der Waals surface area contributed by atoms with Gasteiger partial charge in [0.1, 0.15) is 4.58 Å². The van der Waals surface area contributed by atoms with Crippen LogP contribution in [0.4, 0.5) is 0 Å². The summed E-state index contributed by atoms with van der Waals surface area (Å²) in [7, 11) is -1.61.